The molecule has 1 atom stereocenters. The topological polar surface area (TPSA) is 152 Å². The van der Waals surface area contributed by atoms with Crippen LogP contribution in [-0.2, 0) is 14.8 Å². The van der Waals surface area contributed by atoms with Crippen molar-refractivity contribution in [1.82, 2.24) is 9.62 Å². The molecular weight excluding hydrogens is 526 g/mol. The zero-order chi connectivity index (χ0) is 28.7. The predicted octanol–water partition coefficient (Wildman–Crippen LogP) is 3.64. The van der Waals surface area contributed by atoms with Gasteiger partial charge in [-0.3, -0.25) is 10.2 Å². The van der Waals surface area contributed by atoms with Crippen LogP contribution < -0.4 is 20.9 Å². The van der Waals surface area contributed by atoms with Crippen molar-refractivity contribution in [2.24, 2.45) is 17.4 Å². The SMILES string of the molecule is CCOc1ccc(-c2cccc(S(=O)(=O)NC(C(=O)N3CCC(CCN)CC3)c3cccc(C(=N)N)c3)c2)cc1. The molecule has 1 unspecified atom stereocenters. The number of amidine groups is 1. The summed E-state index contributed by atoms with van der Waals surface area (Å²) in [7, 11) is -4.11. The highest BCUT2D eigenvalue weighted by molar-refractivity contribution is 7.89. The van der Waals surface area contributed by atoms with Crippen LogP contribution in [-0.4, -0.2) is 51.3 Å². The number of sulfonamides is 1. The van der Waals surface area contributed by atoms with Crippen LogP contribution in [0.1, 0.15) is 43.4 Å². The Morgan fingerprint density at radius 2 is 1.75 bits per heavy atom. The smallest absolute Gasteiger partial charge is 0.245 e. The highest BCUT2D eigenvalue weighted by Gasteiger charge is 2.33. The molecule has 4 rings (SSSR count). The number of hydrogen-bond acceptors (Lipinski definition) is 6. The molecule has 0 aromatic heterocycles. The molecule has 0 aliphatic carbocycles. The fourth-order valence-corrected chi connectivity index (χ4v) is 6.21. The number of piperidine rings is 1. The fourth-order valence-electron chi connectivity index (χ4n) is 4.98. The van der Waals surface area contributed by atoms with Crippen LogP contribution in [0.2, 0.25) is 0 Å². The molecule has 0 bridgehead atoms. The first-order valence-electron chi connectivity index (χ1n) is 13.5. The van der Waals surface area contributed by atoms with E-state index in [-0.39, 0.29) is 16.6 Å². The van der Waals surface area contributed by atoms with Crippen LogP contribution >= 0.6 is 0 Å². The van der Waals surface area contributed by atoms with Gasteiger partial charge >= 0.3 is 0 Å². The third-order valence-electron chi connectivity index (χ3n) is 7.20. The monoisotopic (exact) mass is 563 g/mol. The van der Waals surface area contributed by atoms with Gasteiger partial charge in [-0.2, -0.15) is 4.72 Å². The van der Waals surface area contributed by atoms with Gasteiger partial charge in [0.1, 0.15) is 17.6 Å². The van der Waals surface area contributed by atoms with Gasteiger partial charge in [0, 0.05) is 18.7 Å². The van der Waals surface area contributed by atoms with Crippen molar-refractivity contribution in [3.63, 3.8) is 0 Å². The number of hydrogen-bond donors (Lipinski definition) is 4. The average molecular weight is 564 g/mol. The van der Waals surface area contributed by atoms with E-state index in [1.807, 2.05) is 37.3 Å². The third kappa shape index (κ3) is 7.07. The van der Waals surface area contributed by atoms with Crippen LogP contribution in [0.5, 0.6) is 5.75 Å². The lowest BCUT2D eigenvalue weighted by Gasteiger charge is -2.34. The number of carbonyl (C=O) groups excluding carboxylic acids is 1. The van der Waals surface area contributed by atoms with E-state index in [0.29, 0.717) is 48.8 Å². The minimum atomic E-state index is -4.11. The van der Waals surface area contributed by atoms with Crippen LogP contribution in [0, 0.1) is 11.3 Å². The average Bonchev–Trinajstić information content (AvgIpc) is 2.97. The van der Waals surface area contributed by atoms with Crippen molar-refractivity contribution in [3.8, 4) is 16.9 Å². The molecule has 6 N–H and O–H groups in total. The molecule has 3 aromatic rings. The molecule has 40 heavy (non-hydrogen) atoms. The molecule has 1 heterocycles. The number of ether oxygens (including phenoxy) is 1. The second-order valence-electron chi connectivity index (χ2n) is 9.92. The Bertz CT molecular complexity index is 1430. The van der Waals surface area contributed by atoms with Crippen LogP contribution in [0.25, 0.3) is 11.1 Å². The predicted molar refractivity (Wildman–Crippen MR) is 157 cm³/mol. The van der Waals surface area contributed by atoms with Gasteiger partial charge in [0.05, 0.1) is 11.5 Å². The van der Waals surface area contributed by atoms with E-state index < -0.39 is 16.1 Å². The Balaban J connectivity index is 1.63. The number of nitrogen functional groups attached to an aromatic ring is 1. The summed E-state index contributed by atoms with van der Waals surface area (Å²) in [6.07, 6.45) is 2.55. The highest BCUT2D eigenvalue weighted by atomic mass is 32.2. The van der Waals surface area contributed by atoms with Gasteiger partial charge < -0.3 is 21.1 Å². The number of benzene rings is 3. The minimum absolute atomic E-state index is 0.0426. The van der Waals surface area contributed by atoms with Crippen molar-refractivity contribution in [1.29, 1.82) is 5.41 Å². The number of nitrogens with two attached hydrogens (primary N) is 2. The summed E-state index contributed by atoms with van der Waals surface area (Å²) in [5.74, 6) is 0.688. The summed E-state index contributed by atoms with van der Waals surface area (Å²) >= 11 is 0. The maximum absolute atomic E-state index is 13.8. The largest absolute Gasteiger partial charge is 0.494 e. The van der Waals surface area contributed by atoms with Gasteiger partial charge in [-0.05, 0) is 85.7 Å². The molecule has 0 radical (unpaired) electrons. The molecule has 3 aromatic carbocycles. The Morgan fingerprint density at radius 3 is 2.40 bits per heavy atom. The minimum Gasteiger partial charge on any atom is -0.494 e. The highest BCUT2D eigenvalue weighted by Crippen LogP contribution is 2.28. The standard InChI is InChI=1S/C30H37N5O4S/c1-2-39-26-11-9-22(10-12-26)23-5-4-8-27(20-23)40(37,38)34-28(24-6-3-7-25(19-24)29(32)33)30(36)35-17-14-21(13-16-31)15-18-35/h3-12,19-21,28,34H,2,13-18,31H2,1H3,(H3,32,33). The normalized spacial score (nSPS) is 15.0. The summed E-state index contributed by atoms with van der Waals surface area (Å²) in [5, 5.41) is 7.82. The summed E-state index contributed by atoms with van der Waals surface area (Å²) < 4.78 is 35.6. The molecule has 0 saturated carbocycles. The summed E-state index contributed by atoms with van der Waals surface area (Å²) in [5.41, 5.74) is 13.8. The second kappa shape index (κ2) is 13.1. The van der Waals surface area contributed by atoms with E-state index in [1.165, 1.54) is 6.07 Å². The molecular formula is C30H37N5O4S. The molecule has 1 fully saturated rings. The van der Waals surface area contributed by atoms with Gasteiger partial charge in [-0.1, -0.05) is 42.5 Å². The van der Waals surface area contributed by atoms with Crippen LogP contribution in [0.4, 0.5) is 0 Å². The molecule has 212 valence electrons. The first kappa shape index (κ1) is 29.3. The summed E-state index contributed by atoms with van der Waals surface area (Å²) in [4.78, 5) is 15.6. The molecule has 9 nitrogen and oxygen atoms in total. The molecule has 0 spiro atoms. The summed E-state index contributed by atoms with van der Waals surface area (Å²) in [6.45, 7) is 4.13. The van der Waals surface area contributed by atoms with Crippen molar-refractivity contribution in [3.05, 3.63) is 83.9 Å². The lowest BCUT2D eigenvalue weighted by molar-refractivity contribution is -0.134. The van der Waals surface area contributed by atoms with Crippen LogP contribution in [0.3, 0.4) is 0 Å². The van der Waals surface area contributed by atoms with E-state index >= 15 is 0 Å². The van der Waals surface area contributed by atoms with E-state index in [1.54, 1.807) is 41.3 Å². The first-order chi connectivity index (χ1) is 19.2. The second-order valence-corrected chi connectivity index (χ2v) is 11.6. The quantitative estimate of drug-likeness (QED) is 0.207. The number of carbonyl (C=O) groups is 1. The van der Waals surface area contributed by atoms with Crippen molar-refractivity contribution in [2.75, 3.05) is 26.2 Å². The van der Waals surface area contributed by atoms with E-state index in [0.717, 1.165) is 30.6 Å². The van der Waals surface area contributed by atoms with E-state index in [2.05, 4.69) is 4.72 Å². The van der Waals surface area contributed by atoms with E-state index in [9.17, 15) is 13.2 Å². The number of nitrogens with one attached hydrogen (secondary N) is 2. The number of likely N-dealkylation sites (tertiary alicyclic amines) is 1. The van der Waals surface area contributed by atoms with Crippen molar-refractivity contribution < 1.29 is 17.9 Å². The number of nitrogens with zero attached hydrogens (tertiary/aromatic N) is 1. The number of amides is 1. The molecule has 1 aliphatic heterocycles. The van der Waals surface area contributed by atoms with Crippen molar-refractivity contribution in [2.45, 2.75) is 37.1 Å². The molecule has 1 aliphatic rings. The maximum atomic E-state index is 13.8. The zero-order valence-corrected chi connectivity index (χ0v) is 23.5. The lowest BCUT2D eigenvalue weighted by Crippen LogP contribution is -2.46. The maximum Gasteiger partial charge on any atom is 0.245 e. The lowest BCUT2D eigenvalue weighted by atomic mass is 9.93. The van der Waals surface area contributed by atoms with Crippen LogP contribution in [0.15, 0.2) is 77.7 Å². The fraction of sp³-hybridized carbons (Fsp3) is 0.333. The Kier molecular flexibility index (Phi) is 9.57. The van der Waals surface area contributed by atoms with Crippen molar-refractivity contribution >= 4 is 21.8 Å². The Labute approximate surface area is 236 Å². The molecule has 1 amide bonds. The Morgan fingerprint density at radius 1 is 1.05 bits per heavy atom. The number of rotatable bonds is 11. The molecule has 1 saturated heterocycles. The van der Waals surface area contributed by atoms with Gasteiger partial charge in [-0.25, -0.2) is 8.42 Å². The molecule has 10 heteroatoms. The van der Waals surface area contributed by atoms with Gasteiger partial charge in [0.2, 0.25) is 15.9 Å². The zero-order valence-electron chi connectivity index (χ0n) is 22.7. The van der Waals surface area contributed by atoms with Gasteiger partial charge in [0.15, 0.2) is 0 Å². The first-order valence-corrected chi connectivity index (χ1v) is 15.0. The van der Waals surface area contributed by atoms with E-state index in [4.69, 9.17) is 21.6 Å². The Hall–Kier alpha value is -3.73. The van der Waals surface area contributed by atoms with Gasteiger partial charge in [-0.15, -0.1) is 0 Å². The summed E-state index contributed by atoms with van der Waals surface area (Å²) in [6, 6.07) is 19.4. The third-order valence-corrected chi connectivity index (χ3v) is 8.62. The van der Waals surface area contributed by atoms with Gasteiger partial charge in [0.25, 0.3) is 0 Å².